The van der Waals surface area contributed by atoms with E-state index in [9.17, 15) is 34.2 Å². The lowest BCUT2D eigenvalue weighted by Gasteiger charge is -2.28. The zero-order valence-electron chi connectivity index (χ0n) is 17.7. The minimum atomic E-state index is -1.36. The molecule has 3 amide bonds. The van der Waals surface area contributed by atoms with Crippen LogP contribution < -0.4 is 16.4 Å². The van der Waals surface area contributed by atoms with Gasteiger partial charge in [-0.05, 0) is 31.6 Å². The number of aliphatic hydroxyl groups excluding tert-OH is 1. The maximum Gasteiger partial charge on any atom is 0.326 e. The van der Waals surface area contributed by atoms with Gasteiger partial charge in [-0.15, -0.1) is 0 Å². The predicted octanol–water partition coefficient (Wildman–Crippen LogP) is -1.74. The molecule has 4 atom stereocenters. The van der Waals surface area contributed by atoms with Gasteiger partial charge in [-0.2, -0.15) is 0 Å². The molecule has 1 aliphatic rings. The molecule has 0 aromatic carbocycles. The van der Waals surface area contributed by atoms with Gasteiger partial charge in [0.2, 0.25) is 17.7 Å². The molecular weight excluding hydrogens is 412 g/mol. The Morgan fingerprint density at radius 3 is 2.19 bits per heavy atom. The van der Waals surface area contributed by atoms with Gasteiger partial charge in [0.15, 0.2) is 0 Å². The molecule has 0 saturated carbocycles. The molecule has 0 aromatic rings. The number of nitrogens with two attached hydrogens (primary N) is 1. The highest BCUT2D eigenvalue weighted by Crippen LogP contribution is 2.18. The highest BCUT2D eigenvalue weighted by Gasteiger charge is 2.38. The van der Waals surface area contributed by atoms with E-state index in [4.69, 9.17) is 10.8 Å². The number of hydrogen-bond acceptors (Lipinski definition) is 7. The molecule has 0 aromatic heterocycles. The number of carboxylic acids is 2. The third kappa shape index (κ3) is 8.13. The summed E-state index contributed by atoms with van der Waals surface area (Å²) in [6.45, 7) is 3.08. The van der Waals surface area contributed by atoms with Gasteiger partial charge in [-0.3, -0.25) is 19.2 Å². The van der Waals surface area contributed by atoms with Gasteiger partial charge in [-0.25, -0.2) is 4.79 Å². The molecule has 31 heavy (non-hydrogen) atoms. The zero-order valence-corrected chi connectivity index (χ0v) is 17.7. The number of aliphatic hydroxyl groups is 1. The number of hydrogen-bond donors (Lipinski definition) is 6. The average molecular weight is 444 g/mol. The first-order chi connectivity index (χ1) is 14.5. The molecule has 0 aliphatic carbocycles. The molecule has 7 N–H and O–H groups in total. The molecule has 1 saturated heterocycles. The summed E-state index contributed by atoms with van der Waals surface area (Å²) in [5.74, 6) is -4.44. The second kappa shape index (κ2) is 12.2. The van der Waals surface area contributed by atoms with Crippen molar-refractivity contribution in [1.82, 2.24) is 15.5 Å². The molecule has 4 unspecified atom stereocenters. The Morgan fingerprint density at radius 2 is 1.68 bits per heavy atom. The summed E-state index contributed by atoms with van der Waals surface area (Å²) < 4.78 is 0. The second-order valence-corrected chi connectivity index (χ2v) is 8.00. The van der Waals surface area contributed by atoms with Crippen LogP contribution in [0.3, 0.4) is 0 Å². The molecule has 0 radical (unpaired) electrons. The number of amides is 3. The van der Waals surface area contributed by atoms with Gasteiger partial charge in [-0.1, -0.05) is 13.8 Å². The molecule has 12 nitrogen and oxygen atoms in total. The van der Waals surface area contributed by atoms with Crippen LogP contribution in [0.2, 0.25) is 0 Å². The van der Waals surface area contributed by atoms with E-state index in [1.54, 1.807) is 0 Å². The Kier molecular flexibility index (Phi) is 10.4. The van der Waals surface area contributed by atoms with Crippen molar-refractivity contribution < 1.29 is 39.3 Å². The smallest absolute Gasteiger partial charge is 0.326 e. The van der Waals surface area contributed by atoms with E-state index >= 15 is 0 Å². The Labute approximate surface area is 180 Å². The summed E-state index contributed by atoms with van der Waals surface area (Å²) in [7, 11) is 0. The van der Waals surface area contributed by atoms with Gasteiger partial charge in [0, 0.05) is 13.0 Å². The van der Waals surface area contributed by atoms with Gasteiger partial charge >= 0.3 is 11.9 Å². The van der Waals surface area contributed by atoms with E-state index < -0.39 is 60.4 Å². The minimum Gasteiger partial charge on any atom is -0.481 e. The number of aliphatic carboxylic acids is 2. The van der Waals surface area contributed by atoms with E-state index in [2.05, 4.69) is 10.6 Å². The monoisotopic (exact) mass is 444 g/mol. The summed E-state index contributed by atoms with van der Waals surface area (Å²) in [5.41, 5.74) is 5.68. The van der Waals surface area contributed by atoms with Crippen molar-refractivity contribution >= 4 is 29.7 Å². The first-order valence-corrected chi connectivity index (χ1v) is 10.2. The standard InChI is InChI=1S/C19H32N4O8/c1-10(2)8-12(21-16(27)11(20)5-6-15(25)26)17(28)22-13(9-24)18(29)23-7-3-4-14(23)19(30)31/h10-14,24H,3-9,20H2,1-2H3,(H,21,27)(H,22,28)(H,25,26)(H,30,31). The van der Waals surface area contributed by atoms with Crippen molar-refractivity contribution in [2.75, 3.05) is 13.2 Å². The minimum absolute atomic E-state index is 0.0236. The van der Waals surface area contributed by atoms with Crippen LogP contribution in [-0.2, 0) is 24.0 Å². The topological polar surface area (TPSA) is 199 Å². The van der Waals surface area contributed by atoms with Crippen LogP contribution in [-0.4, -0.2) is 87.2 Å². The normalized spacial score (nSPS) is 18.9. The number of carboxylic acid groups (broad SMARTS) is 2. The Hall–Kier alpha value is -2.73. The molecule has 1 aliphatic heterocycles. The van der Waals surface area contributed by atoms with Crippen LogP contribution in [0.4, 0.5) is 0 Å². The Balaban J connectivity index is 2.84. The van der Waals surface area contributed by atoms with E-state index in [1.807, 2.05) is 13.8 Å². The third-order valence-electron chi connectivity index (χ3n) is 4.96. The summed E-state index contributed by atoms with van der Waals surface area (Å²) in [4.78, 5) is 60.8. The highest BCUT2D eigenvalue weighted by atomic mass is 16.4. The zero-order chi connectivity index (χ0) is 23.7. The van der Waals surface area contributed by atoms with Crippen LogP contribution in [0.25, 0.3) is 0 Å². The predicted molar refractivity (Wildman–Crippen MR) is 108 cm³/mol. The Bertz CT molecular complexity index is 684. The van der Waals surface area contributed by atoms with E-state index in [1.165, 1.54) is 0 Å². The van der Waals surface area contributed by atoms with Crippen molar-refractivity contribution in [2.24, 2.45) is 11.7 Å². The van der Waals surface area contributed by atoms with Crippen LogP contribution in [0.15, 0.2) is 0 Å². The fourth-order valence-electron chi connectivity index (χ4n) is 3.34. The molecule has 1 heterocycles. The molecule has 1 rings (SSSR count). The van der Waals surface area contributed by atoms with Crippen LogP contribution in [0.5, 0.6) is 0 Å². The van der Waals surface area contributed by atoms with Crippen molar-refractivity contribution in [3.8, 4) is 0 Å². The van der Waals surface area contributed by atoms with Gasteiger partial charge < -0.3 is 36.6 Å². The maximum atomic E-state index is 12.7. The van der Waals surface area contributed by atoms with E-state index in [0.717, 1.165) is 4.90 Å². The first kappa shape index (κ1) is 26.3. The SMILES string of the molecule is CC(C)CC(NC(=O)C(N)CCC(=O)O)C(=O)NC(CO)C(=O)N1CCCC1C(=O)O. The number of carbonyl (C=O) groups is 5. The third-order valence-corrected chi connectivity index (χ3v) is 4.96. The van der Waals surface area contributed by atoms with Gasteiger partial charge in [0.05, 0.1) is 12.6 Å². The van der Waals surface area contributed by atoms with E-state index in [-0.39, 0.29) is 38.1 Å². The highest BCUT2D eigenvalue weighted by molar-refractivity contribution is 5.94. The number of likely N-dealkylation sites (tertiary alicyclic amines) is 1. The quantitative estimate of drug-likeness (QED) is 0.202. The van der Waals surface area contributed by atoms with Crippen LogP contribution in [0, 0.1) is 5.92 Å². The maximum absolute atomic E-state index is 12.7. The lowest BCUT2D eigenvalue weighted by molar-refractivity contribution is -0.150. The largest absolute Gasteiger partial charge is 0.481 e. The molecule has 0 spiro atoms. The summed E-state index contributed by atoms with van der Waals surface area (Å²) in [6, 6.07) is -4.58. The number of nitrogens with zero attached hydrogens (tertiary/aromatic N) is 1. The second-order valence-electron chi connectivity index (χ2n) is 8.00. The summed E-state index contributed by atoms with van der Waals surface area (Å²) in [6.07, 6.45) is 0.567. The van der Waals surface area contributed by atoms with Crippen LogP contribution in [0.1, 0.15) is 46.0 Å². The molecule has 1 fully saturated rings. The molecular formula is C19H32N4O8. The van der Waals surface area contributed by atoms with E-state index in [0.29, 0.717) is 6.42 Å². The lowest BCUT2D eigenvalue weighted by atomic mass is 10.0. The molecule has 12 heteroatoms. The Morgan fingerprint density at radius 1 is 1.06 bits per heavy atom. The fraction of sp³-hybridized carbons (Fsp3) is 0.737. The van der Waals surface area contributed by atoms with Gasteiger partial charge in [0.25, 0.3) is 0 Å². The van der Waals surface area contributed by atoms with Crippen molar-refractivity contribution in [1.29, 1.82) is 0 Å². The molecule has 0 bridgehead atoms. The number of rotatable bonds is 12. The molecule has 176 valence electrons. The summed E-state index contributed by atoms with van der Waals surface area (Å²) >= 11 is 0. The van der Waals surface area contributed by atoms with Crippen molar-refractivity contribution in [3.05, 3.63) is 0 Å². The number of nitrogens with one attached hydrogen (secondary N) is 2. The first-order valence-electron chi connectivity index (χ1n) is 10.2. The van der Waals surface area contributed by atoms with Crippen LogP contribution >= 0.6 is 0 Å². The van der Waals surface area contributed by atoms with Gasteiger partial charge in [0.1, 0.15) is 18.1 Å². The fourth-order valence-corrected chi connectivity index (χ4v) is 3.34. The van der Waals surface area contributed by atoms with Crippen molar-refractivity contribution in [3.63, 3.8) is 0 Å². The number of carbonyl (C=O) groups excluding carboxylic acids is 3. The van der Waals surface area contributed by atoms with Crippen molar-refractivity contribution in [2.45, 2.75) is 70.1 Å². The summed E-state index contributed by atoms with van der Waals surface area (Å²) in [5, 5.41) is 32.4. The lowest BCUT2D eigenvalue weighted by Crippen LogP contribution is -2.58. The average Bonchev–Trinajstić information content (AvgIpc) is 3.18.